The molecular weight excluding hydrogens is 313 g/mol. The molecule has 0 aromatic heterocycles. The number of halogens is 4. The molecule has 0 saturated heterocycles. The first-order valence-electron chi connectivity index (χ1n) is 6.69. The van der Waals surface area contributed by atoms with Gasteiger partial charge < -0.3 is 0 Å². The Morgan fingerprint density at radius 1 is 0.810 bits per heavy atom. The van der Waals surface area contributed by atoms with Crippen molar-refractivity contribution >= 4 is 23.2 Å². The van der Waals surface area contributed by atoms with E-state index in [-0.39, 0.29) is 11.8 Å². The van der Waals surface area contributed by atoms with Crippen LogP contribution in [-0.2, 0) is 12.8 Å². The number of rotatable bonds is 6. The molecular formula is C17H16Cl2F2. The van der Waals surface area contributed by atoms with Crippen molar-refractivity contribution in [1.82, 2.24) is 0 Å². The van der Waals surface area contributed by atoms with Crippen molar-refractivity contribution in [2.24, 2.45) is 5.41 Å². The lowest BCUT2D eigenvalue weighted by molar-refractivity contribution is 0.363. The molecule has 0 unspecified atom stereocenters. The van der Waals surface area contributed by atoms with Crippen molar-refractivity contribution in [2.75, 3.05) is 11.8 Å². The van der Waals surface area contributed by atoms with E-state index in [1.54, 1.807) is 6.07 Å². The highest BCUT2D eigenvalue weighted by Crippen LogP contribution is 2.32. The minimum atomic E-state index is -0.842. The normalized spacial score (nSPS) is 11.6. The first-order valence-corrected chi connectivity index (χ1v) is 7.76. The van der Waals surface area contributed by atoms with Crippen LogP contribution in [0.3, 0.4) is 0 Å². The fraction of sp³-hybridized carbons (Fsp3) is 0.294. The van der Waals surface area contributed by atoms with Crippen LogP contribution in [0.25, 0.3) is 0 Å². The van der Waals surface area contributed by atoms with E-state index in [4.69, 9.17) is 23.2 Å². The number of hydrogen-bond acceptors (Lipinski definition) is 0. The zero-order valence-electron chi connectivity index (χ0n) is 11.5. The maximum Gasteiger partial charge on any atom is 0.162 e. The van der Waals surface area contributed by atoms with Gasteiger partial charge in [0.2, 0.25) is 0 Å². The minimum absolute atomic E-state index is 0.279. The molecule has 0 bridgehead atoms. The molecule has 0 saturated carbocycles. The maximum atomic E-state index is 13.9. The predicted octanol–water partition coefficient (Wildman–Crippen LogP) is 5.21. The van der Waals surface area contributed by atoms with E-state index >= 15 is 0 Å². The summed E-state index contributed by atoms with van der Waals surface area (Å²) >= 11 is 12.2. The second-order valence-corrected chi connectivity index (χ2v) is 5.85. The van der Waals surface area contributed by atoms with Crippen LogP contribution in [0.5, 0.6) is 0 Å². The van der Waals surface area contributed by atoms with E-state index in [1.165, 1.54) is 6.07 Å². The van der Waals surface area contributed by atoms with Gasteiger partial charge in [0.15, 0.2) is 11.6 Å². The molecule has 0 amide bonds. The van der Waals surface area contributed by atoms with Crippen molar-refractivity contribution in [3.05, 3.63) is 71.3 Å². The lowest BCUT2D eigenvalue weighted by Gasteiger charge is -2.30. The third-order valence-corrected chi connectivity index (χ3v) is 4.72. The van der Waals surface area contributed by atoms with Crippen molar-refractivity contribution in [3.8, 4) is 0 Å². The van der Waals surface area contributed by atoms with Crippen molar-refractivity contribution in [2.45, 2.75) is 12.8 Å². The average molecular weight is 329 g/mol. The molecule has 0 heterocycles. The van der Waals surface area contributed by atoms with Crippen molar-refractivity contribution in [1.29, 1.82) is 0 Å². The Labute approximate surface area is 133 Å². The lowest BCUT2D eigenvalue weighted by Crippen LogP contribution is -2.31. The Kier molecular flexibility index (Phi) is 5.60. The van der Waals surface area contributed by atoms with Crippen LogP contribution >= 0.6 is 23.2 Å². The summed E-state index contributed by atoms with van der Waals surface area (Å²) in [6.07, 6.45) is 0.926. The Bertz CT molecular complexity index is 581. The largest absolute Gasteiger partial charge is 0.204 e. The standard InChI is InChI=1S/C17H16Cl2F2/c18-11-17(12-19,9-13-5-2-1-3-6-13)10-14-7-4-8-15(20)16(14)21/h1-8H,9-12H2. The van der Waals surface area contributed by atoms with Crippen LogP contribution in [-0.4, -0.2) is 11.8 Å². The van der Waals surface area contributed by atoms with E-state index in [9.17, 15) is 8.78 Å². The molecule has 0 fully saturated rings. The highest BCUT2D eigenvalue weighted by Gasteiger charge is 2.30. The summed E-state index contributed by atoms with van der Waals surface area (Å²) in [5.41, 5.74) is 0.891. The Morgan fingerprint density at radius 3 is 2.10 bits per heavy atom. The zero-order chi connectivity index (χ0) is 15.3. The van der Waals surface area contributed by atoms with Gasteiger partial charge in [0.25, 0.3) is 0 Å². The number of alkyl halides is 2. The van der Waals surface area contributed by atoms with Gasteiger partial charge in [-0.2, -0.15) is 0 Å². The molecule has 2 aromatic carbocycles. The molecule has 0 nitrogen and oxygen atoms in total. The summed E-state index contributed by atoms with van der Waals surface area (Å²) < 4.78 is 27.2. The molecule has 21 heavy (non-hydrogen) atoms. The molecule has 112 valence electrons. The fourth-order valence-electron chi connectivity index (χ4n) is 2.41. The predicted molar refractivity (Wildman–Crippen MR) is 84.1 cm³/mol. The average Bonchev–Trinajstić information content (AvgIpc) is 2.52. The number of hydrogen-bond donors (Lipinski definition) is 0. The van der Waals surface area contributed by atoms with Crippen LogP contribution in [0.1, 0.15) is 11.1 Å². The van der Waals surface area contributed by atoms with E-state index < -0.39 is 17.0 Å². The van der Waals surface area contributed by atoms with E-state index in [1.807, 2.05) is 30.3 Å². The smallest absolute Gasteiger partial charge is 0.162 e. The van der Waals surface area contributed by atoms with Gasteiger partial charge in [0, 0.05) is 17.2 Å². The summed E-state index contributed by atoms with van der Waals surface area (Å²) in [5.74, 6) is -1.10. The van der Waals surface area contributed by atoms with Gasteiger partial charge in [-0.25, -0.2) is 8.78 Å². The topological polar surface area (TPSA) is 0 Å². The van der Waals surface area contributed by atoms with Crippen LogP contribution in [0.4, 0.5) is 8.78 Å². The van der Waals surface area contributed by atoms with Gasteiger partial charge in [0.05, 0.1) is 0 Å². The monoisotopic (exact) mass is 328 g/mol. The van der Waals surface area contributed by atoms with Crippen LogP contribution < -0.4 is 0 Å². The summed E-state index contributed by atoms with van der Waals surface area (Å²) in [6, 6.07) is 14.0. The van der Waals surface area contributed by atoms with Gasteiger partial charge in [-0.1, -0.05) is 42.5 Å². The van der Waals surface area contributed by atoms with E-state index in [0.29, 0.717) is 18.4 Å². The van der Waals surface area contributed by atoms with Crippen molar-refractivity contribution in [3.63, 3.8) is 0 Å². The molecule has 0 aliphatic rings. The number of benzene rings is 2. The summed E-state index contributed by atoms with van der Waals surface area (Å²) in [7, 11) is 0. The molecule has 0 radical (unpaired) electrons. The first-order chi connectivity index (χ1) is 10.1. The third-order valence-electron chi connectivity index (χ3n) is 3.59. The van der Waals surface area contributed by atoms with Crippen molar-refractivity contribution < 1.29 is 8.78 Å². The Balaban J connectivity index is 2.27. The molecule has 0 aliphatic carbocycles. The minimum Gasteiger partial charge on any atom is -0.204 e. The highest BCUT2D eigenvalue weighted by molar-refractivity contribution is 6.21. The molecule has 2 rings (SSSR count). The second kappa shape index (κ2) is 7.24. The lowest BCUT2D eigenvalue weighted by atomic mass is 9.79. The second-order valence-electron chi connectivity index (χ2n) is 5.32. The zero-order valence-corrected chi connectivity index (χ0v) is 13.0. The fourth-order valence-corrected chi connectivity index (χ4v) is 3.07. The summed E-state index contributed by atoms with van der Waals surface area (Å²) in [5, 5.41) is 0. The quantitative estimate of drug-likeness (QED) is 0.638. The molecule has 0 aliphatic heterocycles. The molecule has 2 aromatic rings. The summed E-state index contributed by atoms with van der Waals surface area (Å²) in [6.45, 7) is 0. The first kappa shape index (κ1) is 16.3. The van der Waals surface area contributed by atoms with Gasteiger partial charge in [-0.15, -0.1) is 23.2 Å². The van der Waals surface area contributed by atoms with Gasteiger partial charge in [-0.3, -0.25) is 0 Å². The van der Waals surface area contributed by atoms with Gasteiger partial charge in [0.1, 0.15) is 0 Å². The highest BCUT2D eigenvalue weighted by atomic mass is 35.5. The van der Waals surface area contributed by atoms with Crippen LogP contribution in [0, 0.1) is 17.0 Å². The Hall–Kier alpha value is -1.12. The molecule has 0 N–H and O–H groups in total. The molecule has 0 spiro atoms. The summed E-state index contributed by atoms with van der Waals surface area (Å²) in [4.78, 5) is 0. The van der Waals surface area contributed by atoms with E-state index in [0.717, 1.165) is 11.6 Å². The molecule has 0 atom stereocenters. The Morgan fingerprint density at radius 2 is 1.48 bits per heavy atom. The van der Waals surface area contributed by atoms with Crippen LogP contribution in [0.2, 0.25) is 0 Å². The van der Waals surface area contributed by atoms with E-state index in [2.05, 4.69) is 0 Å². The SMILES string of the molecule is Fc1cccc(CC(CCl)(CCl)Cc2ccccc2)c1F. The molecule has 4 heteroatoms. The maximum absolute atomic E-state index is 13.9. The van der Waals surface area contributed by atoms with Gasteiger partial charge >= 0.3 is 0 Å². The third kappa shape index (κ3) is 3.96. The van der Waals surface area contributed by atoms with Crippen LogP contribution in [0.15, 0.2) is 48.5 Å². The van der Waals surface area contributed by atoms with Gasteiger partial charge in [-0.05, 0) is 30.0 Å².